The van der Waals surface area contributed by atoms with Crippen LogP contribution in [0, 0.1) is 5.82 Å². The van der Waals surface area contributed by atoms with Gasteiger partial charge in [-0.2, -0.15) is 0 Å². The molecule has 2 rings (SSSR count). The fraction of sp³-hybridized carbons (Fsp3) is 0.455. The van der Waals surface area contributed by atoms with Crippen LogP contribution in [0.3, 0.4) is 0 Å². The normalized spacial score (nSPS) is 19.4. The minimum Gasteiger partial charge on any atom is -0.491 e. The molecule has 1 fully saturated rings. The monoisotopic (exact) mass is 240 g/mol. The van der Waals surface area contributed by atoms with Crippen molar-refractivity contribution in [1.29, 1.82) is 0 Å². The zero-order chi connectivity index (χ0) is 12.3. The van der Waals surface area contributed by atoms with Crippen LogP contribution in [-0.4, -0.2) is 36.5 Å². The molecule has 1 aromatic rings. The molecule has 1 saturated heterocycles. The van der Waals surface area contributed by atoms with Crippen molar-refractivity contribution in [2.45, 2.75) is 18.9 Å². The average Bonchev–Trinajstić information content (AvgIpc) is 2.80. The number of hydrogen-bond donors (Lipinski definition) is 2. The average molecular weight is 240 g/mol. The van der Waals surface area contributed by atoms with Gasteiger partial charge in [0, 0.05) is 12.1 Å². The lowest BCUT2D eigenvalue weighted by atomic mass is 9.79. The smallest absolute Gasteiger partial charge is 0.491 e. The van der Waals surface area contributed by atoms with Gasteiger partial charge in [-0.05, 0) is 31.0 Å². The molecule has 17 heavy (non-hydrogen) atoms. The van der Waals surface area contributed by atoms with Gasteiger partial charge in [-0.3, -0.25) is 0 Å². The minimum absolute atomic E-state index is 0.0306. The third kappa shape index (κ3) is 3.18. The van der Waals surface area contributed by atoms with Crippen molar-refractivity contribution >= 4 is 12.6 Å². The summed E-state index contributed by atoms with van der Waals surface area (Å²) in [5, 5.41) is 18.2. The van der Waals surface area contributed by atoms with Crippen molar-refractivity contribution in [1.82, 2.24) is 0 Å². The fourth-order valence-electron chi connectivity index (χ4n) is 1.81. The van der Waals surface area contributed by atoms with Gasteiger partial charge in [-0.15, -0.1) is 0 Å². The van der Waals surface area contributed by atoms with Gasteiger partial charge in [0.05, 0.1) is 6.10 Å². The Kier molecular flexibility index (Phi) is 3.99. The van der Waals surface area contributed by atoms with Crippen LogP contribution in [0.15, 0.2) is 18.2 Å². The van der Waals surface area contributed by atoms with Gasteiger partial charge < -0.3 is 19.5 Å². The first-order valence-corrected chi connectivity index (χ1v) is 5.57. The summed E-state index contributed by atoms with van der Waals surface area (Å²) >= 11 is 0. The number of rotatable bonds is 4. The molecule has 2 N–H and O–H groups in total. The van der Waals surface area contributed by atoms with Gasteiger partial charge in [-0.25, -0.2) is 4.39 Å². The lowest BCUT2D eigenvalue weighted by molar-refractivity contribution is 0.0682. The Morgan fingerprint density at radius 1 is 1.47 bits per heavy atom. The molecule has 92 valence electrons. The van der Waals surface area contributed by atoms with E-state index in [2.05, 4.69) is 0 Å². The first kappa shape index (κ1) is 12.4. The van der Waals surface area contributed by atoms with E-state index < -0.39 is 12.9 Å². The first-order chi connectivity index (χ1) is 8.16. The first-order valence-electron chi connectivity index (χ1n) is 5.57. The summed E-state index contributed by atoms with van der Waals surface area (Å²) in [6, 6.07) is 3.66. The van der Waals surface area contributed by atoms with Crippen LogP contribution in [0.1, 0.15) is 12.8 Å². The third-order valence-electron chi connectivity index (χ3n) is 2.70. The molecule has 0 aromatic heterocycles. The number of halogens is 1. The van der Waals surface area contributed by atoms with E-state index in [1.165, 1.54) is 12.1 Å². The molecule has 0 radical (unpaired) electrons. The van der Waals surface area contributed by atoms with Gasteiger partial charge >= 0.3 is 7.12 Å². The highest BCUT2D eigenvalue weighted by molar-refractivity contribution is 6.59. The fourth-order valence-corrected chi connectivity index (χ4v) is 1.81. The molecule has 1 atom stereocenters. The zero-order valence-corrected chi connectivity index (χ0v) is 9.30. The SMILES string of the molecule is OB(O)c1cc(F)ccc1OCC1CCCO1. The van der Waals surface area contributed by atoms with E-state index in [0.717, 1.165) is 25.5 Å². The Morgan fingerprint density at radius 3 is 2.94 bits per heavy atom. The Bertz CT molecular complexity index is 380. The molecule has 6 heteroatoms. The summed E-state index contributed by atoms with van der Waals surface area (Å²) in [6.07, 6.45) is 1.97. The molecule has 0 bridgehead atoms. The molecule has 0 aliphatic carbocycles. The summed E-state index contributed by atoms with van der Waals surface area (Å²) in [4.78, 5) is 0. The van der Waals surface area contributed by atoms with Crippen molar-refractivity contribution in [2.75, 3.05) is 13.2 Å². The maximum atomic E-state index is 12.9. The summed E-state index contributed by atoms with van der Waals surface area (Å²) in [7, 11) is -1.75. The summed E-state index contributed by atoms with van der Waals surface area (Å²) in [5.74, 6) is -0.255. The predicted molar refractivity (Wildman–Crippen MR) is 60.7 cm³/mol. The topological polar surface area (TPSA) is 58.9 Å². The summed E-state index contributed by atoms with van der Waals surface area (Å²) < 4.78 is 23.7. The predicted octanol–water partition coefficient (Wildman–Crippen LogP) is 0.0633. The molecule has 0 spiro atoms. The Morgan fingerprint density at radius 2 is 2.29 bits per heavy atom. The number of benzene rings is 1. The van der Waals surface area contributed by atoms with Gasteiger partial charge in [0.15, 0.2) is 0 Å². The molecular formula is C11H14BFO4. The van der Waals surface area contributed by atoms with Gasteiger partial charge in [0.2, 0.25) is 0 Å². The summed E-state index contributed by atoms with van der Waals surface area (Å²) in [5.41, 5.74) is 0.0306. The second kappa shape index (κ2) is 5.49. The highest BCUT2D eigenvalue weighted by atomic mass is 19.1. The van der Waals surface area contributed by atoms with E-state index in [1.54, 1.807) is 0 Å². The highest BCUT2D eigenvalue weighted by Crippen LogP contribution is 2.15. The highest BCUT2D eigenvalue weighted by Gasteiger charge is 2.20. The molecular weight excluding hydrogens is 226 g/mol. The van der Waals surface area contributed by atoms with Crippen molar-refractivity contribution in [3.05, 3.63) is 24.0 Å². The maximum absolute atomic E-state index is 12.9. The molecule has 1 aliphatic rings. The van der Waals surface area contributed by atoms with Crippen LogP contribution in [0.25, 0.3) is 0 Å². The molecule has 1 unspecified atom stereocenters. The molecule has 1 aliphatic heterocycles. The van der Waals surface area contributed by atoms with Crippen molar-refractivity contribution in [3.63, 3.8) is 0 Å². The van der Waals surface area contributed by atoms with Gasteiger partial charge in [-0.1, -0.05) is 0 Å². The molecule has 1 heterocycles. The quantitative estimate of drug-likeness (QED) is 0.731. The van der Waals surface area contributed by atoms with Gasteiger partial charge in [0.1, 0.15) is 18.2 Å². The standard InChI is InChI=1S/C11H14BFO4/c13-8-3-4-11(10(6-8)12(14)15)17-7-9-2-1-5-16-9/h3-4,6,9,14-15H,1-2,5,7H2. The van der Waals surface area contributed by atoms with Crippen molar-refractivity contribution in [2.24, 2.45) is 0 Å². The maximum Gasteiger partial charge on any atom is 0.492 e. The van der Waals surface area contributed by atoms with Crippen LogP contribution in [0.4, 0.5) is 4.39 Å². The lowest BCUT2D eigenvalue weighted by Gasteiger charge is -2.14. The summed E-state index contributed by atoms with van der Waals surface area (Å²) in [6.45, 7) is 1.07. The van der Waals surface area contributed by atoms with E-state index in [4.69, 9.17) is 19.5 Å². The molecule has 1 aromatic carbocycles. The van der Waals surface area contributed by atoms with Gasteiger partial charge in [0.25, 0.3) is 0 Å². The van der Waals surface area contributed by atoms with Crippen LogP contribution < -0.4 is 10.2 Å². The van der Waals surface area contributed by atoms with Crippen molar-refractivity contribution in [3.8, 4) is 5.75 Å². The van der Waals surface area contributed by atoms with Crippen LogP contribution in [-0.2, 0) is 4.74 Å². The van der Waals surface area contributed by atoms with E-state index in [9.17, 15) is 4.39 Å². The Labute approximate surface area is 99.1 Å². The van der Waals surface area contributed by atoms with Crippen LogP contribution >= 0.6 is 0 Å². The molecule has 0 amide bonds. The van der Waals surface area contributed by atoms with E-state index in [-0.39, 0.29) is 17.3 Å². The zero-order valence-electron chi connectivity index (χ0n) is 9.30. The second-order valence-corrected chi connectivity index (χ2v) is 4.00. The van der Waals surface area contributed by atoms with Crippen LogP contribution in [0.5, 0.6) is 5.75 Å². The second-order valence-electron chi connectivity index (χ2n) is 4.00. The van der Waals surface area contributed by atoms with E-state index in [1.807, 2.05) is 0 Å². The number of hydrogen-bond acceptors (Lipinski definition) is 4. The molecule has 4 nitrogen and oxygen atoms in total. The Balaban J connectivity index is 2.03. The van der Waals surface area contributed by atoms with E-state index >= 15 is 0 Å². The third-order valence-corrected chi connectivity index (χ3v) is 2.70. The lowest BCUT2D eigenvalue weighted by Crippen LogP contribution is -2.32. The van der Waals surface area contributed by atoms with Crippen LogP contribution in [0.2, 0.25) is 0 Å². The van der Waals surface area contributed by atoms with E-state index in [0.29, 0.717) is 6.61 Å². The number of ether oxygens (including phenoxy) is 2. The van der Waals surface area contributed by atoms with Crippen molar-refractivity contribution < 1.29 is 23.9 Å². The largest absolute Gasteiger partial charge is 0.492 e. The minimum atomic E-state index is -1.75. The molecule has 0 saturated carbocycles. The Hall–Kier alpha value is -1.11.